The second kappa shape index (κ2) is 9.43. The zero-order valence-electron chi connectivity index (χ0n) is 24.0. The molecule has 6 nitrogen and oxygen atoms in total. The highest BCUT2D eigenvalue weighted by Crippen LogP contribution is 2.65. The highest BCUT2D eigenvalue weighted by Gasteiger charge is 2.66. The third-order valence-corrected chi connectivity index (χ3v) is 12.0. The maximum absolute atomic E-state index is 12.3. The summed E-state index contributed by atoms with van der Waals surface area (Å²) in [6, 6.07) is 0. The number of Topliss-reactive ketones (excluding diaryl/α,β-unsaturated/α-hetero) is 2. The smallest absolute Gasteiger partial charge is 0.139 e. The quantitative estimate of drug-likeness (QED) is 0.442. The number of aliphatic hydroxyl groups excluding tert-OH is 2. The number of hydrogen-bond acceptors (Lipinski definition) is 6. The number of carbonyl (C=O) groups excluding carboxylic acids is 2. The van der Waals surface area contributed by atoms with Gasteiger partial charge in [0.15, 0.2) is 0 Å². The first-order chi connectivity index (χ1) is 16.4. The number of ketones is 2. The van der Waals surface area contributed by atoms with Crippen molar-refractivity contribution in [2.75, 3.05) is 0 Å². The Labute approximate surface area is 218 Å². The predicted molar refractivity (Wildman–Crippen MR) is 140 cm³/mol. The van der Waals surface area contributed by atoms with Gasteiger partial charge in [-0.25, -0.2) is 0 Å². The number of aliphatic hydroxyl groups is 4. The molecule has 0 saturated heterocycles. The topological polar surface area (TPSA) is 115 Å². The molecule has 0 aromatic rings. The lowest BCUT2D eigenvalue weighted by Gasteiger charge is -2.54. The van der Waals surface area contributed by atoms with Gasteiger partial charge in [0, 0.05) is 0 Å². The van der Waals surface area contributed by atoms with Crippen LogP contribution in [0, 0.1) is 33.5 Å². The molecule has 36 heavy (non-hydrogen) atoms. The van der Waals surface area contributed by atoms with Crippen molar-refractivity contribution < 1.29 is 30.0 Å². The average molecular weight is 509 g/mol. The SMILES string of the molecule is CC(=O)[C@@]12C[C@@](O)(C(C)C)CC[C@]1(C)CC[C@@H]2O.CC(=O)[C@@]12C[C@@](O)(C(C)C)CC[C@]1(C)CC[C@@H]2O. The average Bonchev–Trinajstić information content (AvgIpc) is 3.21. The van der Waals surface area contributed by atoms with Crippen LogP contribution < -0.4 is 0 Å². The highest BCUT2D eigenvalue weighted by atomic mass is 16.3. The second-order valence-corrected chi connectivity index (χ2v) is 14.2. The molecule has 8 atom stereocenters. The molecule has 4 aliphatic rings. The lowest BCUT2D eigenvalue weighted by molar-refractivity contribution is -0.172. The van der Waals surface area contributed by atoms with Crippen LogP contribution in [0.25, 0.3) is 0 Å². The fourth-order valence-corrected chi connectivity index (χ4v) is 8.69. The van der Waals surface area contributed by atoms with Gasteiger partial charge in [-0.1, -0.05) is 41.5 Å². The van der Waals surface area contributed by atoms with E-state index in [0.29, 0.717) is 25.7 Å². The number of hydrogen-bond donors (Lipinski definition) is 4. The van der Waals surface area contributed by atoms with Crippen molar-refractivity contribution in [1.82, 2.24) is 0 Å². The van der Waals surface area contributed by atoms with E-state index >= 15 is 0 Å². The Morgan fingerprint density at radius 2 is 0.944 bits per heavy atom. The van der Waals surface area contributed by atoms with Crippen LogP contribution in [-0.4, -0.2) is 55.4 Å². The molecule has 4 fully saturated rings. The van der Waals surface area contributed by atoms with Crippen LogP contribution in [0.5, 0.6) is 0 Å². The van der Waals surface area contributed by atoms with Crippen molar-refractivity contribution in [2.45, 2.75) is 143 Å². The van der Waals surface area contributed by atoms with Gasteiger partial charge in [0.05, 0.1) is 34.2 Å². The van der Waals surface area contributed by atoms with Crippen molar-refractivity contribution in [1.29, 1.82) is 0 Å². The summed E-state index contributed by atoms with van der Waals surface area (Å²) in [5, 5.41) is 42.3. The van der Waals surface area contributed by atoms with Crippen LogP contribution in [0.1, 0.15) is 120 Å². The monoisotopic (exact) mass is 508 g/mol. The molecular weight excluding hydrogens is 456 g/mol. The maximum Gasteiger partial charge on any atom is 0.139 e. The zero-order chi connectivity index (χ0) is 27.5. The van der Waals surface area contributed by atoms with Gasteiger partial charge in [-0.3, -0.25) is 9.59 Å². The van der Waals surface area contributed by atoms with Gasteiger partial charge in [0.1, 0.15) is 11.6 Å². The fraction of sp³-hybridized carbons (Fsp3) is 0.933. The summed E-state index contributed by atoms with van der Waals surface area (Å²) < 4.78 is 0. The Bertz CT molecular complexity index is 800. The van der Waals surface area contributed by atoms with E-state index in [9.17, 15) is 30.0 Å². The Balaban J connectivity index is 0.000000201. The van der Waals surface area contributed by atoms with E-state index in [-0.39, 0.29) is 34.2 Å². The van der Waals surface area contributed by atoms with Crippen molar-refractivity contribution in [3.05, 3.63) is 0 Å². The van der Waals surface area contributed by atoms with Crippen LogP contribution in [0.2, 0.25) is 0 Å². The first kappa shape index (κ1) is 29.7. The summed E-state index contributed by atoms with van der Waals surface area (Å²) in [4.78, 5) is 24.5. The largest absolute Gasteiger partial charge is 0.392 e. The molecule has 0 bridgehead atoms. The molecule has 0 aliphatic heterocycles. The summed E-state index contributed by atoms with van der Waals surface area (Å²) in [5.74, 6) is 0.333. The molecule has 0 unspecified atom stereocenters. The van der Waals surface area contributed by atoms with Crippen LogP contribution in [0.4, 0.5) is 0 Å². The van der Waals surface area contributed by atoms with E-state index in [4.69, 9.17) is 0 Å². The predicted octanol–water partition coefficient (Wildman–Crippen LogP) is 4.59. The molecule has 0 aromatic carbocycles. The Kier molecular flexibility index (Phi) is 7.79. The van der Waals surface area contributed by atoms with E-state index in [2.05, 4.69) is 13.8 Å². The van der Waals surface area contributed by atoms with Gasteiger partial charge in [-0.05, 0) is 101 Å². The minimum atomic E-state index is -0.809. The van der Waals surface area contributed by atoms with Crippen molar-refractivity contribution in [2.24, 2.45) is 33.5 Å². The van der Waals surface area contributed by atoms with Gasteiger partial charge < -0.3 is 20.4 Å². The third-order valence-electron chi connectivity index (χ3n) is 12.0. The van der Waals surface area contributed by atoms with Crippen molar-refractivity contribution in [3.8, 4) is 0 Å². The summed E-state index contributed by atoms with van der Waals surface area (Å²) in [6.45, 7) is 15.4. The lowest BCUT2D eigenvalue weighted by atomic mass is 9.51. The van der Waals surface area contributed by atoms with Gasteiger partial charge in [-0.15, -0.1) is 0 Å². The molecule has 0 spiro atoms. The summed E-state index contributed by atoms with van der Waals surface area (Å²) in [6.07, 6.45) is 5.95. The zero-order valence-corrected chi connectivity index (χ0v) is 24.0. The molecule has 0 aromatic heterocycles. The number of carbonyl (C=O) groups is 2. The van der Waals surface area contributed by atoms with Gasteiger partial charge in [0.2, 0.25) is 0 Å². The molecule has 0 amide bonds. The van der Waals surface area contributed by atoms with E-state index in [1.807, 2.05) is 27.7 Å². The summed E-state index contributed by atoms with van der Waals surface area (Å²) >= 11 is 0. The van der Waals surface area contributed by atoms with E-state index < -0.39 is 34.2 Å². The molecule has 6 heteroatoms. The first-order valence-electron chi connectivity index (χ1n) is 14.2. The Morgan fingerprint density at radius 3 is 1.19 bits per heavy atom. The summed E-state index contributed by atoms with van der Waals surface area (Å²) in [7, 11) is 0. The van der Waals surface area contributed by atoms with Crippen LogP contribution in [-0.2, 0) is 9.59 Å². The maximum atomic E-state index is 12.3. The Hall–Kier alpha value is -0.820. The number of fused-ring (bicyclic) bond motifs is 2. The van der Waals surface area contributed by atoms with E-state index in [1.165, 1.54) is 0 Å². The minimum Gasteiger partial charge on any atom is -0.392 e. The molecule has 4 saturated carbocycles. The van der Waals surface area contributed by atoms with Crippen LogP contribution >= 0.6 is 0 Å². The van der Waals surface area contributed by atoms with Crippen LogP contribution in [0.15, 0.2) is 0 Å². The van der Waals surface area contributed by atoms with Gasteiger partial charge in [-0.2, -0.15) is 0 Å². The van der Waals surface area contributed by atoms with E-state index in [1.54, 1.807) is 13.8 Å². The molecule has 0 heterocycles. The first-order valence-corrected chi connectivity index (χ1v) is 14.2. The molecule has 4 N–H and O–H groups in total. The molecule has 0 radical (unpaired) electrons. The Morgan fingerprint density at radius 1 is 0.639 bits per heavy atom. The summed E-state index contributed by atoms with van der Waals surface area (Å²) in [5.41, 5.74) is -3.36. The van der Waals surface area contributed by atoms with Crippen molar-refractivity contribution >= 4 is 11.6 Å². The second-order valence-electron chi connectivity index (χ2n) is 14.2. The molecule has 4 aliphatic carbocycles. The van der Waals surface area contributed by atoms with Crippen molar-refractivity contribution in [3.63, 3.8) is 0 Å². The van der Waals surface area contributed by atoms with Crippen LogP contribution in [0.3, 0.4) is 0 Å². The molecular formula is C30H52O6. The van der Waals surface area contributed by atoms with Gasteiger partial charge in [0.25, 0.3) is 0 Å². The molecule has 208 valence electrons. The fourth-order valence-electron chi connectivity index (χ4n) is 8.69. The van der Waals surface area contributed by atoms with E-state index in [0.717, 1.165) is 38.5 Å². The minimum absolute atomic E-state index is 0.0498. The lowest BCUT2D eigenvalue weighted by Crippen LogP contribution is -2.58. The molecule has 4 rings (SSSR count). The normalized spacial score (nSPS) is 48.3. The standard InChI is InChI=1S/2C15H26O3/c2*1-10(2)14(18)8-7-13(4)6-5-12(17)15(13,9-14)11(3)16/h2*10,12,17-18H,5-9H2,1-4H3/t2*12-,13-,14+,15+/m00/s1. The van der Waals surface area contributed by atoms with Gasteiger partial charge >= 0.3 is 0 Å². The number of rotatable bonds is 4. The highest BCUT2D eigenvalue weighted by molar-refractivity contribution is 5.85. The third kappa shape index (κ3) is 4.13.